The van der Waals surface area contributed by atoms with Gasteiger partial charge in [-0.1, -0.05) is 0 Å². The van der Waals surface area contributed by atoms with Gasteiger partial charge in [-0.15, -0.1) is 0 Å². The fourth-order valence-electron chi connectivity index (χ4n) is 1.63. The van der Waals surface area contributed by atoms with E-state index in [4.69, 9.17) is 5.73 Å². The van der Waals surface area contributed by atoms with E-state index in [0.717, 1.165) is 0 Å². The highest BCUT2D eigenvalue weighted by molar-refractivity contribution is 6.05. The van der Waals surface area contributed by atoms with Gasteiger partial charge in [0.15, 0.2) is 0 Å². The van der Waals surface area contributed by atoms with Gasteiger partial charge in [0.05, 0.1) is 18.0 Å². The Morgan fingerprint density at radius 2 is 2.12 bits per heavy atom. The molecule has 0 spiro atoms. The Morgan fingerprint density at radius 3 is 2.50 bits per heavy atom. The molecule has 1 heterocycles. The molecule has 3 amide bonds. The Morgan fingerprint density at radius 1 is 1.56 bits per heavy atom. The molecule has 3 N–H and O–H groups in total. The zero-order valence-corrected chi connectivity index (χ0v) is 9.74. The fraction of sp³-hybridized carbons (Fsp3) is 0.700. The van der Waals surface area contributed by atoms with E-state index < -0.39 is 17.5 Å². The van der Waals surface area contributed by atoms with Crippen LogP contribution in [0.4, 0.5) is 0 Å². The maximum atomic E-state index is 11.7. The zero-order valence-electron chi connectivity index (χ0n) is 9.74. The SMILES string of the molecule is CCN1C(=O)CC(NC(C)(C)C(N)=O)C1=O. The van der Waals surface area contributed by atoms with Crippen LogP contribution in [0.25, 0.3) is 0 Å². The van der Waals surface area contributed by atoms with E-state index in [0.29, 0.717) is 6.54 Å². The van der Waals surface area contributed by atoms with Crippen LogP contribution in [0.1, 0.15) is 27.2 Å². The van der Waals surface area contributed by atoms with Gasteiger partial charge in [-0.2, -0.15) is 0 Å². The topological polar surface area (TPSA) is 92.5 Å². The van der Waals surface area contributed by atoms with Gasteiger partial charge in [-0.25, -0.2) is 0 Å². The number of rotatable bonds is 4. The second-order valence-corrected chi connectivity index (χ2v) is 4.37. The Hall–Kier alpha value is -1.43. The van der Waals surface area contributed by atoms with Crippen molar-refractivity contribution in [3.63, 3.8) is 0 Å². The van der Waals surface area contributed by atoms with Crippen LogP contribution in [-0.4, -0.2) is 40.7 Å². The van der Waals surface area contributed by atoms with Crippen molar-refractivity contribution in [2.75, 3.05) is 6.54 Å². The molecule has 0 bridgehead atoms. The molecule has 1 unspecified atom stereocenters. The first-order valence-electron chi connectivity index (χ1n) is 5.21. The third-order valence-electron chi connectivity index (χ3n) is 2.71. The van der Waals surface area contributed by atoms with Gasteiger partial charge in [0.1, 0.15) is 0 Å². The first kappa shape index (κ1) is 12.6. The molecule has 1 fully saturated rings. The summed E-state index contributed by atoms with van der Waals surface area (Å²) in [4.78, 5) is 35.4. The quantitative estimate of drug-likeness (QED) is 0.602. The molecule has 1 aliphatic heterocycles. The summed E-state index contributed by atoms with van der Waals surface area (Å²) in [5.74, 6) is -1.06. The number of nitrogens with one attached hydrogen (secondary N) is 1. The molecule has 1 saturated heterocycles. The third kappa shape index (κ3) is 2.21. The molecule has 6 nitrogen and oxygen atoms in total. The average Bonchev–Trinajstić information content (AvgIpc) is 2.41. The predicted octanol–water partition coefficient (Wildman–Crippen LogP) is -1.01. The summed E-state index contributed by atoms with van der Waals surface area (Å²) >= 11 is 0. The molecule has 16 heavy (non-hydrogen) atoms. The Balaban J connectivity index is 2.75. The molecule has 90 valence electrons. The minimum absolute atomic E-state index is 0.0867. The van der Waals surface area contributed by atoms with E-state index in [1.807, 2.05) is 0 Å². The standard InChI is InChI=1S/C10H17N3O3/c1-4-13-7(14)5-6(8(13)15)12-10(2,3)9(11)16/h6,12H,4-5H2,1-3H3,(H2,11,16). The van der Waals surface area contributed by atoms with Gasteiger partial charge < -0.3 is 5.73 Å². The smallest absolute Gasteiger partial charge is 0.246 e. The van der Waals surface area contributed by atoms with E-state index in [-0.39, 0.29) is 18.2 Å². The van der Waals surface area contributed by atoms with Gasteiger partial charge in [0, 0.05) is 6.54 Å². The van der Waals surface area contributed by atoms with Gasteiger partial charge in [-0.05, 0) is 20.8 Å². The number of carbonyl (C=O) groups excluding carboxylic acids is 3. The number of primary amides is 1. The first-order chi connectivity index (χ1) is 7.29. The average molecular weight is 227 g/mol. The normalized spacial score (nSPS) is 21.7. The van der Waals surface area contributed by atoms with Gasteiger partial charge in [0.25, 0.3) is 0 Å². The lowest BCUT2D eigenvalue weighted by Crippen LogP contribution is -2.56. The number of imide groups is 1. The highest BCUT2D eigenvalue weighted by atomic mass is 16.2. The molecule has 0 saturated carbocycles. The van der Waals surface area contributed by atoms with Crippen molar-refractivity contribution < 1.29 is 14.4 Å². The van der Waals surface area contributed by atoms with E-state index >= 15 is 0 Å². The van der Waals surface area contributed by atoms with Crippen molar-refractivity contribution in [3.8, 4) is 0 Å². The largest absolute Gasteiger partial charge is 0.368 e. The maximum Gasteiger partial charge on any atom is 0.246 e. The van der Waals surface area contributed by atoms with Crippen LogP contribution in [0.3, 0.4) is 0 Å². The number of nitrogens with zero attached hydrogens (tertiary/aromatic N) is 1. The molecule has 1 rings (SSSR count). The van der Waals surface area contributed by atoms with Crippen molar-refractivity contribution in [2.24, 2.45) is 5.73 Å². The van der Waals surface area contributed by atoms with E-state index in [2.05, 4.69) is 5.32 Å². The third-order valence-corrected chi connectivity index (χ3v) is 2.71. The van der Waals surface area contributed by atoms with Crippen molar-refractivity contribution in [1.29, 1.82) is 0 Å². The monoisotopic (exact) mass is 227 g/mol. The summed E-state index contributed by atoms with van der Waals surface area (Å²) in [7, 11) is 0. The van der Waals surface area contributed by atoms with E-state index in [1.54, 1.807) is 20.8 Å². The van der Waals surface area contributed by atoms with Crippen LogP contribution in [0.2, 0.25) is 0 Å². The molecule has 0 aromatic carbocycles. The zero-order chi connectivity index (χ0) is 12.5. The van der Waals surface area contributed by atoms with Crippen LogP contribution in [0.15, 0.2) is 0 Å². The van der Waals surface area contributed by atoms with Crippen molar-refractivity contribution in [2.45, 2.75) is 38.8 Å². The summed E-state index contributed by atoms with van der Waals surface area (Å²) in [6.07, 6.45) is 0.0867. The number of likely N-dealkylation sites (N-methyl/N-ethyl adjacent to an activating group) is 1. The Kier molecular flexibility index (Phi) is 3.32. The predicted molar refractivity (Wildman–Crippen MR) is 57.2 cm³/mol. The molecule has 1 aliphatic rings. The highest BCUT2D eigenvalue weighted by Crippen LogP contribution is 2.15. The summed E-state index contributed by atoms with van der Waals surface area (Å²) in [6.45, 7) is 5.26. The van der Waals surface area contributed by atoms with Crippen molar-refractivity contribution in [1.82, 2.24) is 10.2 Å². The number of nitrogens with two attached hydrogens (primary N) is 1. The van der Waals surface area contributed by atoms with Crippen LogP contribution in [-0.2, 0) is 14.4 Å². The van der Waals surface area contributed by atoms with E-state index in [9.17, 15) is 14.4 Å². The number of amides is 3. The number of hydrogen-bond acceptors (Lipinski definition) is 4. The molecule has 0 radical (unpaired) electrons. The van der Waals surface area contributed by atoms with Gasteiger partial charge in [-0.3, -0.25) is 24.6 Å². The molecular formula is C10H17N3O3. The summed E-state index contributed by atoms with van der Waals surface area (Å²) in [5.41, 5.74) is 4.19. The van der Waals surface area contributed by atoms with Gasteiger partial charge in [0.2, 0.25) is 17.7 Å². The summed E-state index contributed by atoms with van der Waals surface area (Å²) in [6, 6.07) is -0.644. The lowest BCUT2D eigenvalue weighted by Gasteiger charge is -2.25. The molecule has 6 heteroatoms. The van der Waals surface area contributed by atoms with Crippen LogP contribution < -0.4 is 11.1 Å². The Labute approximate surface area is 94.2 Å². The number of hydrogen-bond donors (Lipinski definition) is 2. The minimum Gasteiger partial charge on any atom is -0.368 e. The molecule has 0 aliphatic carbocycles. The highest BCUT2D eigenvalue weighted by Gasteiger charge is 2.41. The molecule has 0 aromatic heterocycles. The molecule has 1 atom stereocenters. The van der Waals surface area contributed by atoms with Crippen LogP contribution in [0, 0.1) is 0 Å². The fourth-order valence-corrected chi connectivity index (χ4v) is 1.63. The van der Waals surface area contributed by atoms with Crippen molar-refractivity contribution >= 4 is 17.7 Å². The molecule has 0 aromatic rings. The van der Waals surface area contributed by atoms with Gasteiger partial charge >= 0.3 is 0 Å². The summed E-state index contributed by atoms with van der Waals surface area (Å²) < 4.78 is 0. The maximum absolute atomic E-state index is 11.7. The number of carbonyl (C=O) groups is 3. The lowest BCUT2D eigenvalue weighted by atomic mass is 10.0. The second kappa shape index (κ2) is 4.21. The van der Waals surface area contributed by atoms with E-state index in [1.165, 1.54) is 4.90 Å². The second-order valence-electron chi connectivity index (χ2n) is 4.37. The first-order valence-corrected chi connectivity index (χ1v) is 5.21. The van der Waals surface area contributed by atoms with Crippen LogP contribution in [0.5, 0.6) is 0 Å². The Bertz CT molecular complexity index is 338. The number of likely N-dealkylation sites (tertiary alicyclic amines) is 1. The van der Waals surface area contributed by atoms with Crippen LogP contribution >= 0.6 is 0 Å². The summed E-state index contributed by atoms with van der Waals surface area (Å²) in [5, 5.41) is 2.81. The lowest BCUT2D eigenvalue weighted by molar-refractivity contribution is -0.138. The minimum atomic E-state index is -0.996. The van der Waals surface area contributed by atoms with Crippen molar-refractivity contribution in [3.05, 3.63) is 0 Å². The molecular weight excluding hydrogens is 210 g/mol.